The molecule has 3 aromatic heterocycles. The number of hydrogen-bond acceptors (Lipinski definition) is 5. The summed E-state index contributed by atoms with van der Waals surface area (Å²) in [5.74, 6) is 1.01. The number of hydrogen-bond donors (Lipinski definition) is 1. The summed E-state index contributed by atoms with van der Waals surface area (Å²) in [6.07, 6.45) is 7.05. The van der Waals surface area contributed by atoms with Crippen LogP contribution in [0.4, 0.5) is 17.3 Å². The van der Waals surface area contributed by atoms with Crippen molar-refractivity contribution in [1.82, 2.24) is 15.0 Å². The van der Waals surface area contributed by atoms with Crippen molar-refractivity contribution < 1.29 is 4.79 Å². The van der Waals surface area contributed by atoms with Crippen LogP contribution in [-0.2, 0) is 12.8 Å². The van der Waals surface area contributed by atoms with Crippen LogP contribution in [0, 0.1) is 0 Å². The molecule has 7 heteroatoms. The summed E-state index contributed by atoms with van der Waals surface area (Å²) in [7, 11) is 0. The Balaban J connectivity index is 1.68. The second-order valence-electron chi connectivity index (χ2n) is 6.27. The standard InChI is InChI=1S/C20H18ClN5O/c1-2-26-18-15(20(27)24-16-5-6-17(21)25-19(16)26)11-14(12-23-18)4-3-13-7-9-22-10-8-13/h5-12H,2-4H2,1H3,(H,24,27). The average molecular weight is 380 g/mol. The van der Waals surface area contributed by atoms with Gasteiger partial charge in [0, 0.05) is 25.1 Å². The zero-order chi connectivity index (χ0) is 18.8. The molecule has 1 aliphatic rings. The van der Waals surface area contributed by atoms with Crippen LogP contribution in [0.3, 0.4) is 0 Å². The molecule has 0 saturated heterocycles. The van der Waals surface area contributed by atoms with E-state index in [1.165, 1.54) is 5.56 Å². The number of aryl methyl sites for hydroxylation is 2. The van der Waals surface area contributed by atoms with Gasteiger partial charge < -0.3 is 10.2 Å². The molecule has 0 fully saturated rings. The summed E-state index contributed by atoms with van der Waals surface area (Å²) in [4.78, 5) is 27.7. The number of rotatable bonds is 4. The minimum atomic E-state index is -0.190. The fraction of sp³-hybridized carbons (Fsp3) is 0.200. The monoisotopic (exact) mass is 379 g/mol. The molecule has 0 aromatic carbocycles. The van der Waals surface area contributed by atoms with Crippen molar-refractivity contribution in [3.63, 3.8) is 0 Å². The molecule has 0 spiro atoms. The number of nitrogens with one attached hydrogen (secondary N) is 1. The van der Waals surface area contributed by atoms with Gasteiger partial charge in [0.25, 0.3) is 5.91 Å². The van der Waals surface area contributed by atoms with Gasteiger partial charge in [0.1, 0.15) is 11.0 Å². The topological polar surface area (TPSA) is 71.0 Å². The highest BCUT2D eigenvalue weighted by Gasteiger charge is 2.27. The molecule has 3 aromatic rings. The Kier molecular flexibility index (Phi) is 4.73. The van der Waals surface area contributed by atoms with Crippen LogP contribution in [0.5, 0.6) is 0 Å². The first-order valence-electron chi connectivity index (χ1n) is 8.79. The van der Waals surface area contributed by atoms with Gasteiger partial charge in [0.15, 0.2) is 5.82 Å². The van der Waals surface area contributed by atoms with E-state index < -0.39 is 0 Å². The maximum absolute atomic E-state index is 12.8. The van der Waals surface area contributed by atoms with E-state index in [1.54, 1.807) is 24.5 Å². The van der Waals surface area contributed by atoms with Crippen molar-refractivity contribution in [2.75, 3.05) is 16.8 Å². The lowest BCUT2D eigenvalue weighted by molar-refractivity contribution is 0.102. The molecular weight excluding hydrogens is 362 g/mol. The number of fused-ring (bicyclic) bond motifs is 2. The van der Waals surface area contributed by atoms with Crippen LogP contribution in [0.15, 0.2) is 48.9 Å². The van der Waals surface area contributed by atoms with E-state index in [4.69, 9.17) is 11.6 Å². The summed E-state index contributed by atoms with van der Waals surface area (Å²) in [6, 6.07) is 9.33. The van der Waals surface area contributed by atoms with Gasteiger partial charge in [0.2, 0.25) is 0 Å². The number of nitrogens with zero attached hydrogens (tertiary/aromatic N) is 4. The smallest absolute Gasteiger partial charge is 0.259 e. The highest BCUT2D eigenvalue weighted by molar-refractivity contribution is 6.29. The third kappa shape index (κ3) is 3.48. The van der Waals surface area contributed by atoms with Gasteiger partial charge in [-0.2, -0.15) is 0 Å². The molecule has 0 unspecified atom stereocenters. The number of carbonyl (C=O) groups excluding carboxylic acids is 1. The molecule has 1 N–H and O–H groups in total. The normalized spacial score (nSPS) is 12.8. The first-order chi connectivity index (χ1) is 13.2. The Morgan fingerprint density at radius 1 is 1.07 bits per heavy atom. The van der Waals surface area contributed by atoms with E-state index in [1.807, 2.05) is 36.2 Å². The van der Waals surface area contributed by atoms with Gasteiger partial charge in [-0.3, -0.25) is 9.78 Å². The fourth-order valence-electron chi connectivity index (χ4n) is 3.18. The number of amides is 1. The van der Waals surface area contributed by atoms with E-state index in [9.17, 15) is 4.79 Å². The van der Waals surface area contributed by atoms with Gasteiger partial charge in [-0.05, 0) is 61.2 Å². The van der Waals surface area contributed by atoms with Crippen molar-refractivity contribution in [3.8, 4) is 0 Å². The van der Waals surface area contributed by atoms with Gasteiger partial charge in [0.05, 0.1) is 11.3 Å². The predicted octanol–water partition coefficient (Wildman–Crippen LogP) is 4.03. The molecule has 4 rings (SSSR count). The van der Waals surface area contributed by atoms with Crippen LogP contribution in [0.1, 0.15) is 28.4 Å². The third-order valence-electron chi connectivity index (χ3n) is 4.54. The van der Waals surface area contributed by atoms with Crippen molar-refractivity contribution >= 4 is 34.8 Å². The molecule has 0 saturated carbocycles. The highest BCUT2D eigenvalue weighted by atomic mass is 35.5. The quantitative estimate of drug-likeness (QED) is 0.693. The second kappa shape index (κ2) is 7.32. The van der Waals surface area contributed by atoms with E-state index in [0.29, 0.717) is 34.6 Å². The summed E-state index contributed by atoms with van der Waals surface area (Å²) in [5.41, 5.74) is 3.38. The number of anilines is 3. The van der Waals surface area contributed by atoms with Crippen molar-refractivity contribution in [3.05, 3.63) is 70.8 Å². The zero-order valence-electron chi connectivity index (χ0n) is 14.8. The molecule has 0 radical (unpaired) electrons. The fourth-order valence-corrected chi connectivity index (χ4v) is 3.32. The zero-order valence-corrected chi connectivity index (χ0v) is 15.6. The van der Waals surface area contributed by atoms with Crippen molar-refractivity contribution in [2.45, 2.75) is 19.8 Å². The maximum Gasteiger partial charge on any atom is 0.259 e. The number of carbonyl (C=O) groups is 1. The van der Waals surface area contributed by atoms with Crippen molar-refractivity contribution in [2.24, 2.45) is 0 Å². The number of pyridine rings is 3. The highest BCUT2D eigenvalue weighted by Crippen LogP contribution is 2.36. The number of aromatic nitrogens is 3. The van der Waals surface area contributed by atoms with Crippen molar-refractivity contribution in [1.29, 1.82) is 0 Å². The minimum Gasteiger partial charge on any atom is -0.319 e. The van der Waals surface area contributed by atoms with Crippen LogP contribution in [0.2, 0.25) is 5.15 Å². The Labute approximate surface area is 162 Å². The van der Waals surface area contributed by atoms with Gasteiger partial charge in [-0.15, -0.1) is 0 Å². The maximum atomic E-state index is 12.8. The molecule has 0 atom stereocenters. The summed E-state index contributed by atoms with van der Waals surface area (Å²) < 4.78 is 0. The summed E-state index contributed by atoms with van der Waals surface area (Å²) >= 11 is 6.07. The largest absolute Gasteiger partial charge is 0.319 e. The van der Waals surface area contributed by atoms with E-state index in [-0.39, 0.29) is 5.91 Å². The van der Waals surface area contributed by atoms with Crippen LogP contribution < -0.4 is 10.2 Å². The van der Waals surface area contributed by atoms with Gasteiger partial charge in [-0.1, -0.05) is 11.6 Å². The predicted molar refractivity (Wildman–Crippen MR) is 106 cm³/mol. The average Bonchev–Trinajstić information content (AvgIpc) is 2.81. The molecular formula is C20H18ClN5O. The molecule has 0 bridgehead atoms. The molecule has 136 valence electrons. The Bertz CT molecular complexity index is 993. The first-order valence-corrected chi connectivity index (χ1v) is 9.16. The van der Waals surface area contributed by atoms with Gasteiger partial charge in [-0.25, -0.2) is 9.97 Å². The molecule has 4 heterocycles. The SMILES string of the molecule is CCN1c2nc(Cl)ccc2NC(=O)c2cc(CCc3ccncc3)cnc21. The second-order valence-corrected chi connectivity index (χ2v) is 6.66. The minimum absolute atomic E-state index is 0.190. The number of halogens is 1. The van der Waals surface area contributed by atoms with E-state index in [2.05, 4.69) is 20.3 Å². The van der Waals surface area contributed by atoms with Crippen LogP contribution >= 0.6 is 11.6 Å². The molecule has 1 aliphatic heterocycles. The van der Waals surface area contributed by atoms with Crippen LogP contribution in [0.25, 0.3) is 0 Å². The van der Waals surface area contributed by atoms with Crippen LogP contribution in [-0.4, -0.2) is 27.4 Å². The third-order valence-corrected chi connectivity index (χ3v) is 4.75. The summed E-state index contributed by atoms with van der Waals surface area (Å²) in [6.45, 7) is 2.61. The summed E-state index contributed by atoms with van der Waals surface area (Å²) in [5, 5.41) is 3.30. The molecule has 27 heavy (non-hydrogen) atoms. The Hall–Kier alpha value is -2.99. The lowest BCUT2D eigenvalue weighted by Crippen LogP contribution is -2.20. The Morgan fingerprint density at radius 2 is 1.85 bits per heavy atom. The van der Waals surface area contributed by atoms with E-state index in [0.717, 1.165) is 18.4 Å². The molecule has 6 nitrogen and oxygen atoms in total. The first kappa shape index (κ1) is 17.4. The molecule has 0 aliphatic carbocycles. The lowest BCUT2D eigenvalue weighted by Gasteiger charge is -2.22. The Morgan fingerprint density at radius 3 is 2.63 bits per heavy atom. The van der Waals surface area contributed by atoms with Gasteiger partial charge >= 0.3 is 0 Å². The lowest BCUT2D eigenvalue weighted by atomic mass is 10.0. The van der Waals surface area contributed by atoms with E-state index >= 15 is 0 Å². The molecule has 1 amide bonds.